The smallest absolute Gasteiger partial charge is 0.221 e. The summed E-state index contributed by atoms with van der Waals surface area (Å²) in [5.41, 5.74) is 0. The van der Waals surface area contributed by atoms with Crippen LogP contribution in [0.4, 0.5) is 0 Å². The molecule has 0 bridgehead atoms. The van der Waals surface area contributed by atoms with Gasteiger partial charge in [-0.05, 0) is 13.3 Å². The number of nitrogens with one attached hydrogen (secondary N) is 2. The lowest BCUT2D eigenvalue weighted by atomic mass is 10.2. The van der Waals surface area contributed by atoms with E-state index in [0.717, 1.165) is 25.5 Å². The number of rotatable bonds is 5. The third kappa shape index (κ3) is 4.08. The Morgan fingerprint density at radius 2 is 2.38 bits per heavy atom. The first-order chi connectivity index (χ1) is 7.63. The molecule has 1 amide bonds. The highest BCUT2D eigenvalue weighted by atomic mass is 16.1. The van der Waals surface area contributed by atoms with Gasteiger partial charge in [-0.25, -0.2) is 0 Å². The second-order valence-electron chi connectivity index (χ2n) is 4.18. The van der Waals surface area contributed by atoms with Crippen LogP contribution in [0.25, 0.3) is 0 Å². The van der Waals surface area contributed by atoms with E-state index in [4.69, 9.17) is 0 Å². The van der Waals surface area contributed by atoms with Gasteiger partial charge in [0.25, 0.3) is 0 Å². The van der Waals surface area contributed by atoms with Gasteiger partial charge in [-0.2, -0.15) is 0 Å². The SMILES string of the molecule is CCC(C)NC(=O)CCNC1=NCCN1C. The quantitative estimate of drug-likeness (QED) is 0.703. The predicted molar refractivity (Wildman–Crippen MR) is 65.4 cm³/mol. The van der Waals surface area contributed by atoms with Gasteiger partial charge in [0, 0.05) is 32.6 Å². The summed E-state index contributed by atoms with van der Waals surface area (Å²) in [4.78, 5) is 17.8. The van der Waals surface area contributed by atoms with Gasteiger partial charge in [0.2, 0.25) is 5.91 Å². The highest BCUT2D eigenvalue weighted by Crippen LogP contribution is 1.95. The average molecular weight is 226 g/mol. The molecule has 5 nitrogen and oxygen atoms in total. The number of amides is 1. The number of hydrogen-bond acceptors (Lipinski definition) is 4. The third-order valence-electron chi connectivity index (χ3n) is 2.71. The summed E-state index contributed by atoms with van der Waals surface area (Å²) < 4.78 is 0. The van der Waals surface area contributed by atoms with Crippen LogP contribution >= 0.6 is 0 Å². The molecule has 0 spiro atoms. The van der Waals surface area contributed by atoms with Crippen LogP contribution in [0.15, 0.2) is 4.99 Å². The lowest BCUT2D eigenvalue weighted by molar-refractivity contribution is -0.121. The fourth-order valence-corrected chi connectivity index (χ4v) is 1.46. The van der Waals surface area contributed by atoms with E-state index in [1.807, 2.05) is 14.0 Å². The molecule has 1 aliphatic rings. The molecule has 2 N–H and O–H groups in total. The first-order valence-corrected chi connectivity index (χ1v) is 5.92. The lowest BCUT2D eigenvalue weighted by Gasteiger charge is -2.15. The number of guanidine groups is 1. The van der Waals surface area contributed by atoms with Crippen LogP contribution in [-0.2, 0) is 4.79 Å². The zero-order valence-corrected chi connectivity index (χ0v) is 10.4. The Bertz CT molecular complexity index is 265. The second-order valence-corrected chi connectivity index (χ2v) is 4.18. The highest BCUT2D eigenvalue weighted by Gasteiger charge is 2.12. The van der Waals surface area contributed by atoms with Crippen LogP contribution in [0, 0.1) is 0 Å². The molecular formula is C11H22N4O. The standard InChI is InChI=1S/C11H22N4O/c1-4-9(2)14-10(16)5-6-12-11-13-7-8-15(11)3/h9H,4-8H2,1-3H3,(H,12,13)(H,14,16). The fraction of sp³-hybridized carbons (Fsp3) is 0.818. The molecule has 0 aliphatic carbocycles. The molecule has 0 saturated carbocycles. The maximum absolute atomic E-state index is 11.5. The molecule has 1 rings (SSSR count). The van der Waals surface area contributed by atoms with Crippen molar-refractivity contribution in [2.24, 2.45) is 4.99 Å². The molecule has 0 aromatic carbocycles. The summed E-state index contributed by atoms with van der Waals surface area (Å²) in [5, 5.41) is 6.10. The zero-order chi connectivity index (χ0) is 12.0. The molecule has 92 valence electrons. The Morgan fingerprint density at radius 1 is 1.62 bits per heavy atom. The van der Waals surface area contributed by atoms with Crippen molar-refractivity contribution in [2.45, 2.75) is 32.7 Å². The van der Waals surface area contributed by atoms with Crippen LogP contribution in [-0.4, -0.2) is 49.5 Å². The molecule has 0 fully saturated rings. The topological polar surface area (TPSA) is 56.7 Å². The highest BCUT2D eigenvalue weighted by molar-refractivity contribution is 5.82. The van der Waals surface area contributed by atoms with Gasteiger partial charge < -0.3 is 15.5 Å². The van der Waals surface area contributed by atoms with Crippen molar-refractivity contribution < 1.29 is 4.79 Å². The van der Waals surface area contributed by atoms with E-state index in [0.29, 0.717) is 13.0 Å². The number of hydrogen-bond donors (Lipinski definition) is 2. The lowest BCUT2D eigenvalue weighted by Crippen LogP contribution is -2.39. The number of carbonyl (C=O) groups excluding carboxylic acids is 1. The van der Waals surface area contributed by atoms with Crippen molar-refractivity contribution in [1.82, 2.24) is 15.5 Å². The summed E-state index contributed by atoms with van der Waals surface area (Å²) in [6.07, 6.45) is 1.46. The van der Waals surface area contributed by atoms with Crippen molar-refractivity contribution in [3.8, 4) is 0 Å². The van der Waals surface area contributed by atoms with Crippen molar-refractivity contribution in [2.75, 3.05) is 26.7 Å². The number of carbonyl (C=O) groups is 1. The van der Waals surface area contributed by atoms with E-state index in [1.165, 1.54) is 0 Å². The van der Waals surface area contributed by atoms with Crippen molar-refractivity contribution >= 4 is 11.9 Å². The summed E-state index contributed by atoms with van der Waals surface area (Å²) in [6.45, 7) is 6.52. The maximum atomic E-state index is 11.5. The number of likely N-dealkylation sites (N-methyl/N-ethyl adjacent to an activating group) is 1. The molecule has 1 heterocycles. The Morgan fingerprint density at radius 3 is 2.94 bits per heavy atom. The molecule has 5 heteroatoms. The minimum absolute atomic E-state index is 0.100. The Kier molecular flexibility index (Phi) is 5.08. The predicted octanol–water partition coefficient (Wildman–Crippen LogP) is 0.182. The molecule has 1 unspecified atom stereocenters. The third-order valence-corrected chi connectivity index (χ3v) is 2.71. The van der Waals surface area contributed by atoms with E-state index < -0.39 is 0 Å². The van der Waals surface area contributed by atoms with Gasteiger partial charge in [0.05, 0.1) is 6.54 Å². The fourth-order valence-electron chi connectivity index (χ4n) is 1.46. The van der Waals surface area contributed by atoms with Crippen LogP contribution < -0.4 is 10.6 Å². The summed E-state index contributed by atoms with van der Waals surface area (Å²) in [5.74, 6) is 0.999. The molecule has 0 saturated heterocycles. The molecule has 0 aromatic heterocycles. The van der Waals surface area contributed by atoms with Crippen molar-refractivity contribution in [3.05, 3.63) is 0 Å². The van der Waals surface area contributed by atoms with E-state index in [9.17, 15) is 4.79 Å². The van der Waals surface area contributed by atoms with Gasteiger partial charge in [-0.15, -0.1) is 0 Å². The molecule has 16 heavy (non-hydrogen) atoms. The number of nitrogens with zero attached hydrogens (tertiary/aromatic N) is 2. The van der Waals surface area contributed by atoms with Crippen molar-refractivity contribution in [1.29, 1.82) is 0 Å². The normalized spacial score (nSPS) is 16.9. The van der Waals surface area contributed by atoms with Crippen LogP contribution in [0.5, 0.6) is 0 Å². The Balaban J connectivity index is 2.13. The molecule has 0 aromatic rings. The van der Waals surface area contributed by atoms with Crippen LogP contribution in [0.3, 0.4) is 0 Å². The van der Waals surface area contributed by atoms with Crippen LogP contribution in [0.2, 0.25) is 0 Å². The molecule has 1 aliphatic heterocycles. The minimum Gasteiger partial charge on any atom is -0.356 e. The summed E-state index contributed by atoms with van der Waals surface area (Å²) in [7, 11) is 2.00. The molecule has 0 radical (unpaired) electrons. The Labute approximate surface area is 97.3 Å². The van der Waals surface area contributed by atoms with Gasteiger partial charge >= 0.3 is 0 Å². The van der Waals surface area contributed by atoms with Gasteiger partial charge in [0.1, 0.15) is 0 Å². The molecular weight excluding hydrogens is 204 g/mol. The number of aliphatic imine (C=N–C) groups is 1. The average Bonchev–Trinajstić information content (AvgIpc) is 2.64. The summed E-state index contributed by atoms with van der Waals surface area (Å²) in [6, 6.07) is 0.263. The van der Waals surface area contributed by atoms with E-state index in [1.54, 1.807) is 0 Å². The maximum Gasteiger partial charge on any atom is 0.221 e. The van der Waals surface area contributed by atoms with E-state index in [-0.39, 0.29) is 11.9 Å². The zero-order valence-electron chi connectivity index (χ0n) is 10.4. The summed E-state index contributed by atoms with van der Waals surface area (Å²) >= 11 is 0. The minimum atomic E-state index is 0.100. The second kappa shape index (κ2) is 6.35. The van der Waals surface area contributed by atoms with Gasteiger partial charge in [-0.3, -0.25) is 9.79 Å². The first-order valence-electron chi connectivity index (χ1n) is 5.92. The monoisotopic (exact) mass is 226 g/mol. The van der Waals surface area contributed by atoms with E-state index in [2.05, 4.69) is 27.4 Å². The largest absolute Gasteiger partial charge is 0.356 e. The molecule has 1 atom stereocenters. The first kappa shape index (κ1) is 12.8. The van der Waals surface area contributed by atoms with Crippen molar-refractivity contribution in [3.63, 3.8) is 0 Å². The van der Waals surface area contributed by atoms with E-state index >= 15 is 0 Å². The van der Waals surface area contributed by atoms with Gasteiger partial charge in [-0.1, -0.05) is 6.92 Å². The van der Waals surface area contributed by atoms with Crippen LogP contribution in [0.1, 0.15) is 26.7 Å². The van der Waals surface area contributed by atoms with Gasteiger partial charge in [0.15, 0.2) is 5.96 Å². The Hall–Kier alpha value is -1.26.